The van der Waals surface area contributed by atoms with Crippen LogP contribution >= 0.6 is 11.3 Å². The summed E-state index contributed by atoms with van der Waals surface area (Å²) in [5, 5.41) is 4.18. The smallest absolute Gasteiger partial charge is 0.239 e. The maximum atomic E-state index is 12.4. The molecule has 2 unspecified atom stereocenters. The molecule has 0 saturated carbocycles. The number of ether oxygens (including phenoxy) is 1. The lowest BCUT2D eigenvalue weighted by molar-refractivity contribution is -0.132. The van der Waals surface area contributed by atoms with Gasteiger partial charge in [-0.2, -0.15) is 0 Å². The number of likely N-dealkylation sites (N-methyl/N-ethyl adjacent to an activating group) is 1. The lowest BCUT2D eigenvalue weighted by Crippen LogP contribution is -2.41. The average Bonchev–Trinajstić information content (AvgIpc) is 3.12. The third-order valence-corrected chi connectivity index (χ3v) is 4.83. The first-order valence-corrected chi connectivity index (χ1v) is 7.84. The van der Waals surface area contributed by atoms with Crippen LogP contribution in [0.5, 0.6) is 0 Å². The summed E-state index contributed by atoms with van der Waals surface area (Å²) in [5.41, 5.74) is 0.997. The fourth-order valence-electron chi connectivity index (χ4n) is 2.61. The summed E-state index contributed by atoms with van der Waals surface area (Å²) >= 11 is 1.64. The molecule has 1 N–H and O–H groups in total. The van der Waals surface area contributed by atoms with E-state index in [0.29, 0.717) is 6.54 Å². The van der Waals surface area contributed by atoms with Crippen molar-refractivity contribution in [2.75, 3.05) is 20.7 Å². The summed E-state index contributed by atoms with van der Waals surface area (Å²) in [5.74, 6) is 0.105. The maximum absolute atomic E-state index is 12.4. The van der Waals surface area contributed by atoms with Crippen molar-refractivity contribution in [3.63, 3.8) is 0 Å². The zero-order valence-corrected chi connectivity index (χ0v) is 13.0. The highest BCUT2D eigenvalue weighted by Crippen LogP contribution is 2.23. The fourth-order valence-corrected chi connectivity index (χ4v) is 3.63. The number of para-hydroxylation sites is 1. The van der Waals surface area contributed by atoms with Crippen LogP contribution in [0.15, 0.2) is 24.3 Å². The molecule has 5 nitrogen and oxygen atoms in total. The molecule has 2 atom stereocenters. The molecule has 0 aliphatic carbocycles. The van der Waals surface area contributed by atoms with E-state index in [-0.39, 0.29) is 18.1 Å². The Morgan fingerprint density at radius 3 is 3.05 bits per heavy atom. The summed E-state index contributed by atoms with van der Waals surface area (Å²) in [6.07, 6.45) is 0.870. The molecule has 0 bridgehead atoms. The van der Waals surface area contributed by atoms with Crippen LogP contribution in [-0.4, -0.2) is 48.6 Å². The number of benzene rings is 1. The van der Waals surface area contributed by atoms with Crippen LogP contribution in [0.3, 0.4) is 0 Å². The first-order chi connectivity index (χ1) is 10.2. The topological polar surface area (TPSA) is 54.5 Å². The summed E-state index contributed by atoms with van der Waals surface area (Å²) in [6, 6.07) is 7.90. The van der Waals surface area contributed by atoms with Gasteiger partial charge in [-0.05, 0) is 18.6 Å². The van der Waals surface area contributed by atoms with Gasteiger partial charge in [-0.3, -0.25) is 4.79 Å². The summed E-state index contributed by atoms with van der Waals surface area (Å²) in [7, 11) is 3.51. The third kappa shape index (κ3) is 3.07. The van der Waals surface area contributed by atoms with Crippen LogP contribution in [0.2, 0.25) is 0 Å². The molecule has 1 aromatic heterocycles. The molecule has 1 fully saturated rings. The van der Waals surface area contributed by atoms with E-state index in [0.717, 1.165) is 28.2 Å². The first-order valence-electron chi connectivity index (χ1n) is 7.03. The van der Waals surface area contributed by atoms with Gasteiger partial charge in [0, 0.05) is 20.7 Å². The number of hydrogen-bond acceptors (Lipinski definition) is 5. The van der Waals surface area contributed by atoms with E-state index >= 15 is 0 Å². The quantitative estimate of drug-likeness (QED) is 0.933. The van der Waals surface area contributed by atoms with Crippen molar-refractivity contribution in [2.24, 2.45) is 0 Å². The highest BCUT2D eigenvalue weighted by Gasteiger charge is 2.31. The predicted molar refractivity (Wildman–Crippen MR) is 83.3 cm³/mol. The number of carbonyl (C=O) groups is 1. The number of amides is 1. The third-order valence-electron chi connectivity index (χ3n) is 3.81. The molecule has 0 radical (unpaired) electrons. The van der Waals surface area contributed by atoms with E-state index in [1.54, 1.807) is 23.3 Å². The van der Waals surface area contributed by atoms with E-state index in [2.05, 4.69) is 16.4 Å². The number of methoxy groups -OCH3 is 1. The van der Waals surface area contributed by atoms with E-state index in [1.807, 2.05) is 25.2 Å². The number of thiazole rings is 1. The highest BCUT2D eigenvalue weighted by atomic mass is 32.1. The normalized spacial score (nSPS) is 21.8. The second-order valence-corrected chi connectivity index (χ2v) is 6.44. The predicted octanol–water partition coefficient (Wildman–Crippen LogP) is 1.63. The number of carbonyl (C=O) groups excluding carboxylic acids is 1. The van der Waals surface area contributed by atoms with E-state index < -0.39 is 0 Å². The molecule has 1 amide bonds. The van der Waals surface area contributed by atoms with Gasteiger partial charge in [0.05, 0.1) is 28.9 Å². The second-order valence-electron chi connectivity index (χ2n) is 5.32. The zero-order chi connectivity index (χ0) is 14.8. The number of nitrogens with zero attached hydrogens (tertiary/aromatic N) is 2. The zero-order valence-electron chi connectivity index (χ0n) is 12.2. The van der Waals surface area contributed by atoms with Gasteiger partial charge in [0.1, 0.15) is 5.01 Å². The Labute approximate surface area is 127 Å². The lowest BCUT2D eigenvalue weighted by atomic mass is 10.2. The van der Waals surface area contributed by atoms with Crippen molar-refractivity contribution in [3.05, 3.63) is 29.3 Å². The molecule has 3 rings (SSSR count). The molecule has 1 saturated heterocycles. The lowest BCUT2D eigenvalue weighted by Gasteiger charge is -2.20. The van der Waals surface area contributed by atoms with Gasteiger partial charge in [0.15, 0.2) is 0 Å². The van der Waals surface area contributed by atoms with Crippen molar-refractivity contribution < 1.29 is 9.53 Å². The van der Waals surface area contributed by atoms with Gasteiger partial charge in [-0.1, -0.05) is 12.1 Å². The molecule has 0 spiro atoms. The maximum Gasteiger partial charge on any atom is 0.239 e. The molecular weight excluding hydrogens is 286 g/mol. The van der Waals surface area contributed by atoms with Gasteiger partial charge in [-0.15, -0.1) is 11.3 Å². The van der Waals surface area contributed by atoms with Crippen molar-refractivity contribution in [1.29, 1.82) is 0 Å². The summed E-state index contributed by atoms with van der Waals surface area (Å²) in [6.45, 7) is 1.29. The van der Waals surface area contributed by atoms with Crippen LogP contribution in [0.1, 0.15) is 11.4 Å². The molecule has 2 aromatic rings. The Kier molecular flexibility index (Phi) is 4.19. The number of hydrogen-bond donors (Lipinski definition) is 1. The van der Waals surface area contributed by atoms with E-state index in [4.69, 9.17) is 4.74 Å². The molecule has 6 heteroatoms. The first kappa shape index (κ1) is 14.4. The molecule has 1 aliphatic heterocycles. The number of fused-ring (bicyclic) bond motifs is 1. The second kappa shape index (κ2) is 6.09. The Balaban J connectivity index is 1.65. The van der Waals surface area contributed by atoms with Gasteiger partial charge in [0.25, 0.3) is 0 Å². The van der Waals surface area contributed by atoms with Crippen molar-refractivity contribution in [3.8, 4) is 0 Å². The molecule has 1 aromatic carbocycles. The molecule has 1 aliphatic rings. The van der Waals surface area contributed by atoms with Crippen LogP contribution < -0.4 is 5.32 Å². The standard InChI is InChI=1S/C15H19N3O2S/c1-18(15(19)12-7-10(20-2)8-16-12)9-14-17-11-5-3-4-6-13(11)21-14/h3-6,10,12,16H,7-9H2,1-2H3. The summed E-state index contributed by atoms with van der Waals surface area (Å²) < 4.78 is 6.44. The van der Waals surface area contributed by atoms with Crippen LogP contribution in [-0.2, 0) is 16.1 Å². The molecule has 112 valence electrons. The number of aromatic nitrogens is 1. The SMILES string of the molecule is COC1CNC(C(=O)N(C)Cc2nc3ccccc3s2)C1. The minimum absolute atomic E-state index is 0.105. The fraction of sp³-hybridized carbons (Fsp3) is 0.467. The van der Waals surface area contributed by atoms with Crippen molar-refractivity contribution >= 4 is 27.5 Å². The molecular formula is C15H19N3O2S. The van der Waals surface area contributed by atoms with Gasteiger partial charge >= 0.3 is 0 Å². The highest BCUT2D eigenvalue weighted by molar-refractivity contribution is 7.18. The van der Waals surface area contributed by atoms with E-state index in [9.17, 15) is 4.79 Å². The van der Waals surface area contributed by atoms with Crippen LogP contribution in [0.4, 0.5) is 0 Å². The molecule has 21 heavy (non-hydrogen) atoms. The number of rotatable bonds is 4. The van der Waals surface area contributed by atoms with Gasteiger partial charge < -0.3 is 15.0 Å². The minimum Gasteiger partial charge on any atom is -0.380 e. The Bertz CT molecular complexity index is 610. The number of nitrogens with one attached hydrogen (secondary N) is 1. The van der Waals surface area contributed by atoms with Crippen molar-refractivity contribution in [1.82, 2.24) is 15.2 Å². The van der Waals surface area contributed by atoms with Gasteiger partial charge in [0.2, 0.25) is 5.91 Å². The molecule has 2 heterocycles. The monoisotopic (exact) mass is 305 g/mol. The Hall–Kier alpha value is -1.50. The Morgan fingerprint density at radius 2 is 2.33 bits per heavy atom. The van der Waals surface area contributed by atoms with E-state index in [1.165, 1.54) is 0 Å². The van der Waals surface area contributed by atoms with Crippen LogP contribution in [0, 0.1) is 0 Å². The van der Waals surface area contributed by atoms with Crippen LogP contribution in [0.25, 0.3) is 10.2 Å². The minimum atomic E-state index is -0.144. The van der Waals surface area contributed by atoms with Crippen molar-refractivity contribution in [2.45, 2.75) is 25.1 Å². The van der Waals surface area contributed by atoms with Gasteiger partial charge in [-0.25, -0.2) is 4.98 Å². The largest absolute Gasteiger partial charge is 0.380 e. The summed E-state index contributed by atoms with van der Waals surface area (Å²) in [4.78, 5) is 18.7. The Morgan fingerprint density at radius 1 is 1.52 bits per heavy atom. The average molecular weight is 305 g/mol.